The summed E-state index contributed by atoms with van der Waals surface area (Å²) in [4.78, 5) is 28.3. The zero-order valence-corrected chi connectivity index (χ0v) is 18.6. The van der Waals surface area contributed by atoms with Crippen molar-refractivity contribution >= 4 is 16.8 Å². The number of para-hydroxylation sites is 1. The molecule has 0 unspecified atom stereocenters. The highest BCUT2D eigenvalue weighted by Crippen LogP contribution is 2.20. The van der Waals surface area contributed by atoms with Crippen molar-refractivity contribution in [1.29, 1.82) is 0 Å². The maximum Gasteiger partial charge on any atom is 0.253 e. The van der Waals surface area contributed by atoms with Crippen molar-refractivity contribution < 1.29 is 14.3 Å². The molecule has 0 bridgehead atoms. The number of carbonyl (C=O) groups excluding carboxylic acids is 1. The number of aromatic nitrogens is 1. The van der Waals surface area contributed by atoms with Gasteiger partial charge in [-0.3, -0.25) is 9.59 Å². The molecule has 1 saturated heterocycles. The second-order valence-corrected chi connectivity index (χ2v) is 8.08. The van der Waals surface area contributed by atoms with Gasteiger partial charge in [0.15, 0.2) is 5.75 Å². The molecular formula is C25H29N3O4. The number of hydrogen-bond acceptors (Lipinski definition) is 5. The van der Waals surface area contributed by atoms with E-state index in [9.17, 15) is 9.59 Å². The summed E-state index contributed by atoms with van der Waals surface area (Å²) < 4.78 is 12.8. The van der Waals surface area contributed by atoms with E-state index >= 15 is 0 Å². The highest BCUT2D eigenvalue weighted by Gasteiger charge is 2.17. The summed E-state index contributed by atoms with van der Waals surface area (Å²) in [5, 5.41) is 3.46. The van der Waals surface area contributed by atoms with E-state index in [0.717, 1.165) is 30.9 Å². The van der Waals surface area contributed by atoms with Gasteiger partial charge in [0.25, 0.3) is 5.91 Å². The average Bonchev–Trinajstić information content (AvgIpc) is 3.34. The second-order valence-electron chi connectivity index (χ2n) is 8.08. The molecule has 1 N–H and O–H groups in total. The molecular weight excluding hydrogens is 406 g/mol. The molecule has 1 aromatic heterocycles. The second kappa shape index (κ2) is 9.87. The Labute approximate surface area is 187 Å². The Morgan fingerprint density at radius 1 is 1.09 bits per heavy atom. The number of aryl methyl sites for hydroxylation is 1. The molecule has 2 heterocycles. The maximum absolute atomic E-state index is 13.1. The Bertz CT molecular complexity index is 1150. The van der Waals surface area contributed by atoms with E-state index in [1.807, 2.05) is 31.3 Å². The highest BCUT2D eigenvalue weighted by atomic mass is 16.5. The molecule has 0 radical (unpaired) electrons. The lowest BCUT2D eigenvalue weighted by Crippen LogP contribution is -2.33. The summed E-state index contributed by atoms with van der Waals surface area (Å²) >= 11 is 0. The van der Waals surface area contributed by atoms with E-state index in [2.05, 4.69) is 10.2 Å². The Morgan fingerprint density at radius 3 is 2.56 bits per heavy atom. The van der Waals surface area contributed by atoms with Gasteiger partial charge in [-0.1, -0.05) is 18.2 Å². The standard InChI is InChI=1S/C25H29N3O4/c1-27-16-22(32-17-18-8-10-19(31-2)11-9-18)24(29)20-6-5-7-21(23(20)27)25(30)26-12-15-28-13-3-4-14-28/h5-11,16H,3-4,12-15,17H2,1-2H3,(H,26,30). The van der Waals surface area contributed by atoms with Crippen molar-refractivity contribution in [3.8, 4) is 11.5 Å². The Balaban J connectivity index is 1.51. The SMILES string of the molecule is COc1ccc(COc2cn(C)c3c(C(=O)NCCN4CCCC4)cccc3c2=O)cc1. The van der Waals surface area contributed by atoms with Gasteiger partial charge in [0, 0.05) is 20.1 Å². The van der Waals surface area contributed by atoms with E-state index in [1.165, 1.54) is 12.8 Å². The number of nitrogens with zero attached hydrogens (tertiary/aromatic N) is 2. The molecule has 7 heteroatoms. The van der Waals surface area contributed by atoms with Gasteiger partial charge >= 0.3 is 0 Å². The van der Waals surface area contributed by atoms with Gasteiger partial charge in [0.1, 0.15) is 12.4 Å². The molecule has 32 heavy (non-hydrogen) atoms. The molecule has 3 aromatic rings. The van der Waals surface area contributed by atoms with Crippen molar-refractivity contribution in [2.45, 2.75) is 19.4 Å². The minimum absolute atomic E-state index is 0.170. The number of amides is 1. The Morgan fingerprint density at radius 2 is 1.84 bits per heavy atom. The molecule has 1 aliphatic rings. The fourth-order valence-corrected chi connectivity index (χ4v) is 4.14. The zero-order valence-electron chi connectivity index (χ0n) is 18.6. The van der Waals surface area contributed by atoms with Crippen LogP contribution >= 0.6 is 0 Å². The lowest BCUT2D eigenvalue weighted by Gasteiger charge is -2.16. The topological polar surface area (TPSA) is 72.8 Å². The van der Waals surface area contributed by atoms with Crippen LogP contribution in [0.4, 0.5) is 0 Å². The molecule has 168 valence electrons. The van der Waals surface area contributed by atoms with E-state index in [-0.39, 0.29) is 23.7 Å². The number of nitrogens with one attached hydrogen (secondary N) is 1. The van der Waals surface area contributed by atoms with Crippen molar-refractivity contribution in [2.75, 3.05) is 33.3 Å². The van der Waals surface area contributed by atoms with Crippen LogP contribution in [0.15, 0.2) is 53.5 Å². The van der Waals surface area contributed by atoms with Gasteiger partial charge in [0.2, 0.25) is 5.43 Å². The number of rotatable bonds is 8. The number of likely N-dealkylation sites (tertiary alicyclic amines) is 1. The predicted octanol–water partition coefficient (Wildman–Crippen LogP) is 2.95. The molecule has 0 aliphatic carbocycles. The van der Waals surface area contributed by atoms with Crippen molar-refractivity contribution in [2.24, 2.45) is 7.05 Å². The Hall–Kier alpha value is -3.32. The first kappa shape index (κ1) is 21.9. The molecule has 1 amide bonds. The first-order valence-corrected chi connectivity index (χ1v) is 11.0. The summed E-state index contributed by atoms with van der Waals surface area (Å²) in [6.45, 7) is 3.89. The summed E-state index contributed by atoms with van der Waals surface area (Å²) in [5.74, 6) is 0.848. The largest absolute Gasteiger partial charge is 0.497 e. The number of pyridine rings is 1. The van der Waals surface area contributed by atoms with Crippen LogP contribution < -0.4 is 20.2 Å². The third-order valence-corrected chi connectivity index (χ3v) is 5.88. The highest BCUT2D eigenvalue weighted by molar-refractivity contribution is 6.05. The minimum atomic E-state index is -0.224. The summed E-state index contributed by atoms with van der Waals surface area (Å²) in [6, 6.07) is 12.7. The molecule has 1 fully saturated rings. The van der Waals surface area contributed by atoms with Gasteiger partial charge < -0.3 is 24.3 Å². The van der Waals surface area contributed by atoms with Gasteiger partial charge in [-0.15, -0.1) is 0 Å². The zero-order chi connectivity index (χ0) is 22.5. The maximum atomic E-state index is 13.1. The molecule has 7 nitrogen and oxygen atoms in total. The molecule has 0 atom stereocenters. The number of benzene rings is 2. The fraction of sp³-hybridized carbons (Fsp3) is 0.360. The van der Waals surface area contributed by atoms with Crippen molar-refractivity contribution in [3.63, 3.8) is 0 Å². The molecule has 4 rings (SSSR count). The molecule has 0 spiro atoms. The predicted molar refractivity (Wildman–Crippen MR) is 125 cm³/mol. The van der Waals surface area contributed by atoms with Crippen LogP contribution in [-0.2, 0) is 13.7 Å². The van der Waals surface area contributed by atoms with Crippen LogP contribution in [0.1, 0.15) is 28.8 Å². The van der Waals surface area contributed by atoms with E-state index in [4.69, 9.17) is 9.47 Å². The van der Waals surface area contributed by atoms with Crippen LogP contribution in [0.3, 0.4) is 0 Å². The van der Waals surface area contributed by atoms with Gasteiger partial charge in [-0.05, 0) is 55.8 Å². The lowest BCUT2D eigenvalue weighted by atomic mass is 10.1. The molecule has 2 aromatic carbocycles. The number of ether oxygens (including phenoxy) is 2. The van der Waals surface area contributed by atoms with Gasteiger partial charge in [-0.2, -0.15) is 0 Å². The van der Waals surface area contributed by atoms with Crippen LogP contribution in [0.5, 0.6) is 11.5 Å². The average molecular weight is 436 g/mol. The number of fused-ring (bicyclic) bond motifs is 1. The first-order chi connectivity index (χ1) is 15.6. The van der Waals surface area contributed by atoms with Crippen LogP contribution in [0, 0.1) is 0 Å². The Kier molecular flexibility index (Phi) is 6.75. The monoisotopic (exact) mass is 435 g/mol. The minimum Gasteiger partial charge on any atom is -0.497 e. The molecule has 0 saturated carbocycles. The molecule has 1 aliphatic heterocycles. The summed E-state index contributed by atoms with van der Waals surface area (Å²) in [6.07, 6.45) is 4.10. The van der Waals surface area contributed by atoms with Crippen LogP contribution in [0.25, 0.3) is 10.9 Å². The van der Waals surface area contributed by atoms with Crippen molar-refractivity contribution in [1.82, 2.24) is 14.8 Å². The van der Waals surface area contributed by atoms with Gasteiger partial charge in [-0.25, -0.2) is 0 Å². The number of hydrogen-bond donors (Lipinski definition) is 1. The van der Waals surface area contributed by atoms with Crippen LogP contribution in [-0.4, -0.2) is 48.7 Å². The summed E-state index contributed by atoms with van der Waals surface area (Å²) in [7, 11) is 3.44. The third-order valence-electron chi connectivity index (χ3n) is 5.88. The summed E-state index contributed by atoms with van der Waals surface area (Å²) in [5.41, 5.74) is 1.80. The normalized spacial score (nSPS) is 13.9. The fourth-order valence-electron chi connectivity index (χ4n) is 4.14. The lowest BCUT2D eigenvalue weighted by molar-refractivity contribution is 0.0951. The van der Waals surface area contributed by atoms with E-state index in [1.54, 1.807) is 36.1 Å². The first-order valence-electron chi connectivity index (χ1n) is 11.0. The van der Waals surface area contributed by atoms with E-state index in [0.29, 0.717) is 23.0 Å². The number of carbonyl (C=O) groups is 1. The van der Waals surface area contributed by atoms with Crippen LogP contribution in [0.2, 0.25) is 0 Å². The van der Waals surface area contributed by atoms with Crippen molar-refractivity contribution in [3.05, 3.63) is 70.0 Å². The number of methoxy groups -OCH3 is 1. The smallest absolute Gasteiger partial charge is 0.253 e. The van der Waals surface area contributed by atoms with E-state index < -0.39 is 0 Å². The quantitative estimate of drug-likeness (QED) is 0.589. The van der Waals surface area contributed by atoms with Gasteiger partial charge in [0.05, 0.1) is 29.8 Å². The third kappa shape index (κ3) is 4.78.